The van der Waals surface area contributed by atoms with Crippen molar-refractivity contribution in [2.24, 2.45) is 16.7 Å². The summed E-state index contributed by atoms with van der Waals surface area (Å²) in [4.78, 5) is 12.1. The Hall–Kier alpha value is -0.650. The molecule has 0 aromatic rings. The molecule has 3 N–H and O–H groups in total. The minimum absolute atomic E-state index is 0.350. The molecule has 1 rings (SSSR count). The molecule has 5 atom stereocenters. The molecule has 0 bridgehead atoms. The number of carbonyl (C=O) groups is 1. The van der Waals surface area contributed by atoms with Crippen molar-refractivity contribution in [3.63, 3.8) is 0 Å². The van der Waals surface area contributed by atoms with Crippen LogP contribution in [-0.2, 0) is 9.53 Å². The van der Waals surface area contributed by atoms with Gasteiger partial charge in [0.25, 0.3) is 0 Å². The van der Waals surface area contributed by atoms with Gasteiger partial charge in [-0.1, -0.05) is 66.7 Å². The molecule has 1 fully saturated rings. The zero-order chi connectivity index (χ0) is 23.7. The molecule has 31 heavy (non-hydrogen) atoms. The fourth-order valence-corrected chi connectivity index (χ4v) is 6.54. The number of aliphatic hydroxyl groups is 3. The van der Waals surface area contributed by atoms with E-state index in [-0.39, 0.29) is 10.8 Å². The van der Waals surface area contributed by atoms with Crippen LogP contribution in [0.2, 0.25) is 0 Å². The molecule has 5 nitrogen and oxygen atoms in total. The lowest BCUT2D eigenvalue weighted by Gasteiger charge is -2.45. The maximum Gasteiger partial charge on any atom is 0.303 e. The van der Waals surface area contributed by atoms with Crippen LogP contribution in [0.15, 0.2) is 0 Å². The van der Waals surface area contributed by atoms with Gasteiger partial charge in [-0.3, -0.25) is 4.79 Å². The second kappa shape index (κ2) is 13.2. The van der Waals surface area contributed by atoms with E-state index in [9.17, 15) is 20.1 Å². The molecule has 1 aliphatic rings. The smallest absolute Gasteiger partial charge is 0.303 e. The van der Waals surface area contributed by atoms with Crippen molar-refractivity contribution in [2.75, 3.05) is 0 Å². The number of esters is 1. The topological polar surface area (TPSA) is 87.0 Å². The third-order valence-electron chi connectivity index (χ3n) is 7.77. The first-order valence-corrected chi connectivity index (χ1v) is 12.9. The van der Waals surface area contributed by atoms with Crippen LogP contribution in [0, 0.1) is 16.7 Å². The van der Waals surface area contributed by atoms with Crippen LogP contribution in [0.5, 0.6) is 0 Å². The van der Waals surface area contributed by atoms with E-state index >= 15 is 0 Å². The summed E-state index contributed by atoms with van der Waals surface area (Å²) in [5.74, 6) is -0.915. The van der Waals surface area contributed by atoms with Crippen molar-refractivity contribution >= 4 is 5.97 Å². The van der Waals surface area contributed by atoms with E-state index in [2.05, 4.69) is 27.7 Å². The summed E-state index contributed by atoms with van der Waals surface area (Å²) < 4.78 is 5.88. The number of ether oxygens (including phenoxy) is 1. The summed E-state index contributed by atoms with van der Waals surface area (Å²) in [6, 6.07) is 0. The summed E-state index contributed by atoms with van der Waals surface area (Å²) in [6.45, 7) is 12.0. The molecule has 0 heterocycles. The quantitative estimate of drug-likeness (QED) is 0.374. The van der Waals surface area contributed by atoms with Gasteiger partial charge >= 0.3 is 5.97 Å². The molecular weight excluding hydrogens is 392 g/mol. The minimum atomic E-state index is -1.04. The molecule has 184 valence electrons. The Labute approximate surface area is 191 Å². The van der Waals surface area contributed by atoms with E-state index in [1.165, 1.54) is 6.92 Å². The van der Waals surface area contributed by atoms with Gasteiger partial charge in [-0.05, 0) is 50.4 Å². The van der Waals surface area contributed by atoms with Crippen LogP contribution < -0.4 is 0 Å². The van der Waals surface area contributed by atoms with Gasteiger partial charge in [-0.2, -0.15) is 0 Å². The second-order valence-corrected chi connectivity index (χ2v) is 10.1. The number of rotatable bonds is 11. The zero-order valence-electron chi connectivity index (χ0n) is 21.0. The number of hydrogen-bond donors (Lipinski definition) is 3. The lowest BCUT2D eigenvalue weighted by molar-refractivity contribution is -0.179. The Bertz CT molecular complexity index is 508. The first kappa shape index (κ1) is 28.4. The fourth-order valence-electron chi connectivity index (χ4n) is 6.54. The molecule has 0 aromatic carbocycles. The lowest BCUT2D eigenvalue weighted by Crippen LogP contribution is -2.53. The van der Waals surface area contributed by atoms with Crippen LogP contribution in [0.4, 0.5) is 0 Å². The van der Waals surface area contributed by atoms with Crippen LogP contribution in [0.1, 0.15) is 119 Å². The summed E-state index contributed by atoms with van der Waals surface area (Å²) in [5, 5.41) is 34.5. The van der Waals surface area contributed by atoms with Gasteiger partial charge in [-0.25, -0.2) is 0 Å². The number of hydrogen-bond acceptors (Lipinski definition) is 5. The van der Waals surface area contributed by atoms with Gasteiger partial charge in [0.15, 0.2) is 0 Å². The Morgan fingerprint density at radius 2 is 1.23 bits per heavy atom. The Morgan fingerprint density at radius 3 is 1.65 bits per heavy atom. The van der Waals surface area contributed by atoms with Gasteiger partial charge < -0.3 is 20.1 Å². The first-order valence-electron chi connectivity index (χ1n) is 12.9. The highest BCUT2D eigenvalue weighted by molar-refractivity contribution is 5.66. The normalized spacial score (nSPS) is 30.8. The van der Waals surface area contributed by atoms with Crippen molar-refractivity contribution in [1.29, 1.82) is 0 Å². The van der Waals surface area contributed by atoms with E-state index in [0.29, 0.717) is 6.42 Å². The highest BCUT2D eigenvalue weighted by Gasteiger charge is 2.53. The minimum Gasteiger partial charge on any atom is -0.459 e. The van der Waals surface area contributed by atoms with Gasteiger partial charge in [0.1, 0.15) is 6.10 Å². The second-order valence-electron chi connectivity index (χ2n) is 10.1. The average molecular weight is 443 g/mol. The van der Waals surface area contributed by atoms with Crippen molar-refractivity contribution in [2.45, 2.75) is 143 Å². The van der Waals surface area contributed by atoms with Gasteiger partial charge in [0, 0.05) is 18.3 Å². The highest BCUT2D eigenvalue weighted by atomic mass is 16.6. The van der Waals surface area contributed by atoms with Gasteiger partial charge in [-0.15, -0.1) is 0 Å². The van der Waals surface area contributed by atoms with E-state index in [1.54, 1.807) is 0 Å². The third kappa shape index (κ3) is 6.68. The zero-order valence-corrected chi connectivity index (χ0v) is 21.0. The van der Waals surface area contributed by atoms with E-state index in [0.717, 1.165) is 70.6 Å². The molecule has 0 aliphatic heterocycles. The van der Waals surface area contributed by atoms with Crippen LogP contribution in [-0.4, -0.2) is 45.7 Å². The molecule has 0 saturated heterocycles. The molecule has 5 heteroatoms. The van der Waals surface area contributed by atoms with Crippen molar-refractivity contribution in [3.8, 4) is 0 Å². The third-order valence-corrected chi connectivity index (χ3v) is 7.77. The van der Waals surface area contributed by atoms with Crippen molar-refractivity contribution in [3.05, 3.63) is 0 Å². The summed E-state index contributed by atoms with van der Waals surface area (Å²) >= 11 is 0. The number of aliphatic hydroxyl groups excluding tert-OH is 3. The van der Waals surface area contributed by atoms with Crippen LogP contribution in [0.25, 0.3) is 0 Å². The van der Waals surface area contributed by atoms with Gasteiger partial charge in [0.2, 0.25) is 0 Å². The molecule has 0 aromatic heterocycles. The first-order chi connectivity index (χ1) is 14.7. The maximum atomic E-state index is 12.1. The van der Waals surface area contributed by atoms with Crippen LogP contribution in [0.3, 0.4) is 0 Å². The van der Waals surface area contributed by atoms with Crippen molar-refractivity contribution < 1.29 is 24.9 Å². The molecule has 0 amide bonds. The van der Waals surface area contributed by atoms with Gasteiger partial charge in [0.05, 0.1) is 18.3 Å². The predicted octanol–water partition coefficient (Wildman–Crippen LogP) is 5.38. The predicted molar refractivity (Wildman–Crippen MR) is 126 cm³/mol. The molecule has 0 spiro atoms. The summed E-state index contributed by atoms with van der Waals surface area (Å²) in [6.07, 6.45) is 6.48. The van der Waals surface area contributed by atoms with E-state index in [4.69, 9.17) is 4.74 Å². The standard InChI is InChI=1S/C26H50O5/c1-7-12-20-21(28)23(30)25(13-8-2,14-9-3)17-18-26(15-10-4,16-11-5)24(22(20)29)31-19(6)27/h20-24,28-30H,7-18H2,1-6H3. The Kier molecular flexibility index (Phi) is 12.0. The monoisotopic (exact) mass is 442 g/mol. The SMILES string of the molecule is CCCC1C(O)C(O)C(CCC)(CCC)CCC(CCC)(CCC)C(OC(C)=O)C1O. The highest BCUT2D eigenvalue weighted by Crippen LogP contribution is 2.51. The lowest BCUT2D eigenvalue weighted by atomic mass is 9.64. The average Bonchev–Trinajstić information content (AvgIpc) is 2.74. The molecule has 5 unspecified atom stereocenters. The molecule has 1 saturated carbocycles. The molecule has 1 aliphatic carbocycles. The largest absolute Gasteiger partial charge is 0.459 e. The van der Waals surface area contributed by atoms with Crippen molar-refractivity contribution in [1.82, 2.24) is 0 Å². The van der Waals surface area contributed by atoms with Crippen LogP contribution >= 0.6 is 0 Å². The summed E-state index contributed by atoms with van der Waals surface area (Å²) in [5.41, 5.74) is -0.733. The number of carbonyl (C=O) groups excluding carboxylic acids is 1. The summed E-state index contributed by atoms with van der Waals surface area (Å²) in [7, 11) is 0. The maximum absolute atomic E-state index is 12.1. The van der Waals surface area contributed by atoms with E-state index < -0.39 is 36.3 Å². The fraction of sp³-hybridized carbons (Fsp3) is 0.962. The molecular formula is C26H50O5. The Balaban J connectivity index is 3.69. The molecule has 0 radical (unpaired) electrons. The Morgan fingerprint density at radius 1 is 0.774 bits per heavy atom. The van der Waals surface area contributed by atoms with E-state index in [1.807, 2.05) is 6.92 Å².